The molecule has 1 fully saturated rings. The highest BCUT2D eigenvalue weighted by molar-refractivity contribution is 5.98. The molecule has 2 aromatic rings. The molecule has 0 bridgehead atoms. The molecule has 7 nitrogen and oxygen atoms in total. The number of hydrogen-bond acceptors (Lipinski definition) is 4. The quantitative estimate of drug-likeness (QED) is 0.807. The number of carbonyl (C=O) groups excluding carboxylic acids is 2. The number of aromatic nitrogens is 2. The van der Waals surface area contributed by atoms with Crippen molar-refractivity contribution >= 4 is 11.8 Å². The summed E-state index contributed by atoms with van der Waals surface area (Å²) in [6.07, 6.45) is 3.59. The predicted molar refractivity (Wildman–Crippen MR) is 101 cm³/mol. The number of imidazole rings is 1. The second kappa shape index (κ2) is 8.35. The molecule has 2 amide bonds. The van der Waals surface area contributed by atoms with Gasteiger partial charge >= 0.3 is 0 Å². The lowest BCUT2D eigenvalue weighted by Gasteiger charge is -2.27. The molecule has 1 aromatic carbocycles. The van der Waals surface area contributed by atoms with Gasteiger partial charge in [-0.05, 0) is 38.1 Å². The normalized spacial score (nSPS) is 14.4. The number of hydrogen-bond donors (Lipinski definition) is 0. The standard InChI is InChI=1S/C20H26N4O3/c1-15(2)24(14-18-21-8-9-22(18)3)20(26)17-6-4-16(5-7-17)19(25)23-10-12-27-13-11-23/h4-9,15H,10-14H2,1-3H3. The lowest BCUT2D eigenvalue weighted by Crippen LogP contribution is -2.40. The Balaban J connectivity index is 1.73. The molecule has 0 spiro atoms. The lowest BCUT2D eigenvalue weighted by atomic mass is 10.1. The van der Waals surface area contributed by atoms with Crippen molar-refractivity contribution in [3.63, 3.8) is 0 Å². The van der Waals surface area contributed by atoms with E-state index in [1.54, 1.807) is 40.3 Å². The maximum Gasteiger partial charge on any atom is 0.254 e. The van der Waals surface area contributed by atoms with Gasteiger partial charge in [0.05, 0.1) is 19.8 Å². The van der Waals surface area contributed by atoms with Crippen LogP contribution >= 0.6 is 0 Å². The van der Waals surface area contributed by atoms with Crippen LogP contribution in [0.5, 0.6) is 0 Å². The second-order valence-corrected chi connectivity index (χ2v) is 6.96. The molecular formula is C20H26N4O3. The Morgan fingerprint density at radius 1 is 1.15 bits per heavy atom. The average molecular weight is 370 g/mol. The van der Waals surface area contributed by atoms with Gasteiger partial charge in [-0.25, -0.2) is 4.98 Å². The van der Waals surface area contributed by atoms with Gasteiger partial charge in [0, 0.05) is 49.7 Å². The number of morpholine rings is 1. The van der Waals surface area contributed by atoms with Crippen LogP contribution in [0.3, 0.4) is 0 Å². The van der Waals surface area contributed by atoms with Crippen LogP contribution < -0.4 is 0 Å². The van der Waals surface area contributed by atoms with Crippen LogP contribution in [0.1, 0.15) is 40.4 Å². The summed E-state index contributed by atoms with van der Waals surface area (Å²) in [7, 11) is 1.91. The number of ether oxygens (including phenoxy) is 1. The molecule has 0 N–H and O–H groups in total. The molecule has 27 heavy (non-hydrogen) atoms. The minimum absolute atomic E-state index is 0.0222. The minimum atomic E-state index is -0.0710. The summed E-state index contributed by atoms with van der Waals surface area (Å²) in [5.41, 5.74) is 1.16. The van der Waals surface area contributed by atoms with Gasteiger partial charge in [-0.15, -0.1) is 0 Å². The van der Waals surface area contributed by atoms with Crippen molar-refractivity contribution in [2.75, 3.05) is 26.3 Å². The zero-order chi connectivity index (χ0) is 19.4. The zero-order valence-electron chi connectivity index (χ0n) is 16.1. The van der Waals surface area contributed by atoms with Gasteiger partial charge in [0.25, 0.3) is 11.8 Å². The fourth-order valence-corrected chi connectivity index (χ4v) is 3.06. The molecule has 2 heterocycles. The summed E-state index contributed by atoms with van der Waals surface area (Å²) in [4.78, 5) is 33.4. The number of nitrogens with zero attached hydrogens (tertiary/aromatic N) is 4. The van der Waals surface area contributed by atoms with Crippen molar-refractivity contribution in [1.29, 1.82) is 0 Å². The number of amides is 2. The first-order chi connectivity index (χ1) is 13.0. The third-order valence-corrected chi connectivity index (χ3v) is 4.79. The van der Waals surface area contributed by atoms with Gasteiger partial charge < -0.3 is 19.1 Å². The summed E-state index contributed by atoms with van der Waals surface area (Å²) >= 11 is 0. The van der Waals surface area contributed by atoms with E-state index < -0.39 is 0 Å². The van der Waals surface area contributed by atoms with Crippen molar-refractivity contribution in [2.24, 2.45) is 7.05 Å². The van der Waals surface area contributed by atoms with Gasteiger partial charge in [-0.2, -0.15) is 0 Å². The smallest absolute Gasteiger partial charge is 0.254 e. The van der Waals surface area contributed by atoms with E-state index in [0.29, 0.717) is 44.0 Å². The Hall–Kier alpha value is -2.67. The van der Waals surface area contributed by atoms with E-state index >= 15 is 0 Å². The molecule has 3 rings (SSSR count). The number of aryl methyl sites for hydroxylation is 1. The van der Waals surface area contributed by atoms with E-state index in [1.165, 1.54) is 0 Å². The highest BCUT2D eigenvalue weighted by Crippen LogP contribution is 2.15. The van der Waals surface area contributed by atoms with Crippen molar-refractivity contribution in [2.45, 2.75) is 26.4 Å². The molecule has 0 saturated carbocycles. The maximum absolute atomic E-state index is 13.0. The molecule has 1 saturated heterocycles. The molecule has 1 aliphatic heterocycles. The first-order valence-corrected chi connectivity index (χ1v) is 9.21. The van der Waals surface area contributed by atoms with Gasteiger partial charge in [-0.3, -0.25) is 9.59 Å². The Morgan fingerprint density at radius 2 is 1.78 bits per heavy atom. The number of benzene rings is 1. The first-order valence-electron chi connectivity index (χ1n) is 9.21. The van der Waals surface area contributed by atoms with Crippen molar-refractivity contribution in [3.8, 4) is 0 Å². The van der Waals surface area contributed by atoms with Crippen molar-refractivity contribution in [1.82, 2.24) is 19.4 Å². The molecule has 0 unspecified atom stereocenters. The van der Waals surface area contributed by atoms with E-state index in [9.17, 15) is 9.59 Å². The number of rotatable bonds is 5. The van der Waals surface area contributed by atoms with Crippen LogP contribution in [-0.2, 0) is 18.3 Å². The summed E-state index contributed by atoms with van der Waals surface area (Å²) < 4.78 is 7.19. The monoisotopic (exact) mass is 370 g/mol. The topological polar surface area (TPSA) is 67.7 Å². The molecular weight excluding hydrogens is 344 g/mol. The molecule has 1 aliphatic rings. The number of carbonyl (C=O) groups is 2. The molecule has 1 aromatic heterocycles. The van der Waals surface area contributed by atoms with Gasteiger partial charge in [0.15, 0.2) is 0 Å². The summed E-state index contributed by atoms with van der Waals surface area (Å²) in [6.45, 7) is 6.75. The van der Waals surface area contributed by atoms with E-state index in [4.69, 9.17) is 4.74 Å². The summed E-state index contributed by atoms with van der Waals surface area (Å²) in [5, 5.41) is 0. The molecule has 7 heteroatoms. The van der Waals surface area contributed by atoms with E-state index in [2.05, 4.69) is 4.98 Å². The molecule has 0 atom stereocenters. The highest BCUT2D eigenvalue weighted by atomic mass is 16.5. The Bertz CT molecular complexity index is 792. The van der Waals surface area contributed by atoms with Crippen LogP contribution in [-0.4, -0.2) is 63.5 Å². The highest BCUT2D eigenvalue weighted by Gasteiger charge is 2.22. The Morgan fingerprint density at radius 3 is 2.33 bits per heavy atom. The molecule has 144 valence electrons. The second-order valence-electron chi connectivity index (χ2n) is 6.96. The van der Waals surface area contributed by atoms with E-state index in [0.717, 1.165) is 5.82 Å². The molecule has 0 aliphatic carbocycles. The van der Waals surface area contributed by atoms with Crippen LogP contribution in [0.2, 0.25) is 0 Å². The fourth-order valence-electron chi connectivity index (χ4n) is 3.06. The van der Waals surface area contributed by atoms with Crippen molar-refractivity contribution < 1.29 is 14.3 Å². The van der Waals surface area contributed by atoms with E-state index in [1.807, 2.05) is 31.7 Å². The van der Waals surface area contributed by atoms with Gasteiger partial charge in [0.2, 0.25) is 0 Å². The maximum atomic E-state index is 13.0. The predicted octanol–water partition coefficient (Wildman–Crippen LogP) is 1.94. The SMILES string of the molecule is CC(C)N(Cc1nccn1C)C(=O)c1ccc(C(=O)N2CCOCC2)cc1. The third-order valence-electron chi connectivity index (χ3n) is 4.79. The van der Waals surface area contributed by atoms with Crippen LogP contribution in [0.25, 0.3) is 0 Å². The lowest BCUT2D eigenvalue weighted by molar-refractivity contribution is 0.0303. The summed E-state index contributed by atoms with van der Waals surface area (Å²) in [6, 6.07) is 6.94. The van der Waals surface area contributed by atoms with Crippen LogP contribution in [0.15, 0.2) is 36.7 Å². The zero-order valence-corrected chi connectivity index (χ0v) is 16.1. The van der Waals surface area contributed by atoms with Gasteiger partial charge in [0.1, 0.15) is 5.82 Å². The largest absolute Gasteiger partial charge is 0.378 e. The van der Waals surface area contributed by atoms with E-state index in [-0.39, 0.29) is 17.9 Å². The minimum Gasteiger partial charge on any atom is -0.378 e. The molecule has 0 radical (unpaired) electrons. The van der Waals surface area contributed by atoms with Gasteiger partial charge in [-0.1, -0.05) is 0 Å². The van der Waals surface area contributed by atoms with Crippen LogP contribution in [0, 0.1) is 0 Å². The fraction of sp³-hybridized carbons (Fsp3) is 0.450. The van der Waals surface area contributed by atoms with Crippen molar-refractivity contribution in [3.05, 3.63) is 53.6 Å². The Kier molecular flexibility index (Phi) is 5.91. The average Bonchev–Trinajstić information content (AvgIpc) is 3.10. The third kappa shape index (κ3) is 4.36. The Labute approximate surface area is 159 Å². The first kappa shape index (κ1) is 19.1. The van der Waals surface area contributed by atoms with Crippen LogP contribution in [0.4, 0.5) is 0 Å². The summed E-state index contributed by atoms with van der Waals surface area (Å²) in [5.74, 6) is 0.737.